The molecule has 1 heterocycles. The van der Waals surface area contributed by atoms with Gasteiger partial charge in [-0.25, -0.2) is 9.97 Å². The average molecular weight is 255 g/mol. The standard InChI is InChI=1S/C10H17N5OS/c1-7(6-17-3)15(2)10-12-5-4-8(13-10)9(11)14-16/h4-5,7,16H,6H2,1-3H3,(H2,11,14). The molecule has 0 aliphatic heterocycles. The molecule has 0 aliphatic carbocycles. The van der Waals surface area contributed by atoms with Crippen molar-refractivity contribution >= 4 is 23.5 Å². The first-order chi connectivity index (χ1) is 8.10. The molecule has 1 unspecified atom stereocenters. The number of aromatic nitrogens is 2. The van der Waals surface area contributed by atoms with E-state index in [1.807, 2.05) is 11.9 Å². The quantitative estimate of drug-likeness (QED) is 0.349. The molecule has 0 radical (unpaired) electrons. The number of oxime groups is 1. The van der Waals surface area contributed by atoms with Crippen molar-refractivity contribution in [1.29, 1.82) is 0 Å². The Morgan fingerprint density at radius 3 is 3.00 bits per heavy atom. The second kappa shape index (κ2) is 6.29. The fourth-order valence-electron chi connectivity index (χ4n) is 1.26. The van der Waals surface area contributed by atoms with Crippen LogP contribution in [0.15, 0.2) is 17.4 Å². The summed E-state index contributed by atoms with van der Waals surface area (Å²) in [7, 11) is 1.92. The molecule has 7 heteroatoms. The summed E-state index contributed by atoms with van der Waals surface area (Å²) in [6.07, 6.45) is 3.65. The van der Waals surface area contributed by atoms with Crippen molar-refractivity contribution in [3.63, 3.8) is 0 Å². The minimum Gasteiger partial charge on any atom is -0.409 e. The fourth-order valence-corrected chi connectivity index (χ4v) is 1.97. The van der Waals surface area contributed by atoms with Crippen molar-refractivity contribution in [3.8, 4) is 0 Å². The van der Waals surface area contributed by atoms with Gasteiger partial charge in [0, 0.05) is 25.0 Å². The maximum Gasteiger partial charge on any atom is 0.225 e. The zero-order valence-electron chi connectivity index (χ0n) is 10.2. The minimum absolute atomic E-state index is 0.0143. The third kappa shape index (κ3) is 3.48. The molecule has 17 heavy (non-hydrogen) atoms. The van der Waals surface area contributed by atoms with Crippen LogP contribution >= 0.6 is 11.8 Å². The Labute approximate surface area is 105 Å². The molecular weight excluding hydrogens is 238 g/mol. The van der Waals surface area contributed by atoms with Gasteiger partial charge in [0.15, 0.2) is 5.84 Å². The monoisotopic (exact) mass is 255 g/mol. The van der Waals surface area contributed by atoms with Crippen molar-refractivity contribution in [3.05, 3.63) is 18.0 Å². The van der Waals surface area contributed by atoms with Gasteiger partial charge < -0.3 is 15.8 Å². The highest BCUT2D eigenvalue weighted by Crippen LogP contribution is 2.11. The highest BCUT2D eigenvalue weighted by Gasteiger charge is 2.13. The van der Waals surface area contributed by atoms with Crippen LogP contribution in [0.5, 0.6) is 0 Å². The van der Waals surface area contributed by atoms with E-state index >= 15 is 0 Å². The van der Waals surface area contributed by atoms with Gasteiger partial charge in [0.25, 0.3) is 0 Å². The Kier molecular flexibility index (Phi) is 5.02. The molecule has 0 aromatic carbocycles. The Morgan fingerprint density at radius 2 is 2.41 bits per heavy atom. The van der Waals surface area contributed by atoms with Crippen molar-refractivity contribution in [2.45, 2.75) is 13.0 Å². The molecule has 1 aromatic heterocycles. The maximum atomic E-state index is 8.60. The van der Waals surface area contributed by atoms with Crippen LogP contribution in [0.2, 0.25) is 0 Å². The van der Waals surface area contributed by atoms with E-state index in [-0.39, 0.29) is 5.84 Å². The average Bonchev–Trinajstić information content (AvgIpc) is 2.37. The van der Waals surface area contributed by atoms with E-state index < -0.39 is 0 Å². The van der Waals surface area contributed by atoms with Crippen LogP contribution in [-0.4, -0.2) is 46.1 Å². The highest BCUT2D eigenvalue weighted by atomic mass is 32.2. The summed E-state index contributed by atoms with van der Waals surface area (Å²) >= 11 is 1.76. The molecule has 0 spiro atoms. The van der Waals surface area contributed by atoms with Crippen molar-refractivity contribution in [2.24, 2.45) is 10.9 Å². The molecule has 94 valence electrons. The van der Waals surface area contributed by atoms with Gasteiger partial charge in [0.2, 0.25) is 5.95 Å². The fraction of sp³-hybridized carbons (Fsp3) is 0.500. The molecule has 0 fully saturated rings. The number of nitrogens with zero attached hydrogens (tertiary/aromatic N) is 4. The molecule has 1 aromatic rings. The summed E-state index contributed by atoms with van der Waals surface area (Å²) in [5, 5.41) is 11.5. The first-order valence-electron chi connectivity index (χ1n) is 5.12. The van der Waals surface area contributed by atoms with Gasteiger partial charge in [-0.2, -0.15) is 11.8 Å². The molecule has 1 rings (SSSR count). The van der Waals surface area contributed by atoms with Gasteiger partial charge in [-0.3, -0.25) is 0 Å². The molecule has 0 bridgehead atoms. The summed E-state index contributed by atoms with van der Waals surface area (Å²) in [6.45, 7) is 2.09. The predicted molar refractivity (Wildman–Crippen MR) is 70.8 cm³/mol. The molecule has 0 amide bonds. The van der Waals surface area contributed by atoms with Gasteiger partial charge >= 0.3 is 0 Å². The van der Waals surface area contributed by atoms with E-state index in [1.165, 1.54) is 0 Å². The highest BCUT2D eigenvalue weighted by molar-refractivity contribution is 7.98. The molecular formula is C10H17N5OS. The summed E-state index contributed by atoms with van der Waals surface area (Å²) < 4.78 is 0. The lowest BCUT2D eigenvalue weighted by atomic mass is 10.3. The molecule has 1 atom stereocenters. The van der Waals surface area contributed by atoms with Gasteiger partial charge in [-0.15, -0.1) is 0 Å². The summed E-state index contributed by atoms with van der Waals surface area (Å²) in [5.41, 5.74) is 5.90. The smallest absolute Gasteiger partial charge is 0.225 e. The molecule has 6 nitrogen and oxygen atoms in total. The molecule has 0 saturated heterocycles. The van der Waals surface area contributed by atoms with Crippen molar-refractivity contribution in [2.75, 3.05) is 24.0 Å². The van der Waals surface area contributed by atoms with E-state index in [1.54, 1.807) is 24.0 Å². The Balaban J connectivity index is 2.91. The van der Waals surface area contributed by atoms with E-state index in [4.69, 9.17) is 10.9 Å². The normalized spacial score (nSPS) is 13.5. The number of hydrogen-bond acceptors (Lipinski definition) is 6. The van der Waals surface area contributed by atoms with Crippen molar-refractivity contribution in [1.82, 2.24) is 9.97 Å². The van der Waals surface area contributed by atoms with E-state index in [9.17, 15) is 0 Å². The number of thioether (sulfide) groups is 1. The lowest BCUT2D eigenvalue weighted by molar-refractivity contribution is 0.318. The van der Waals surface area contributed by atoms with Gasteiger partial charge in [-0.05, 0) is 19.2 Å². The van der Waals surface area contributed by atoms with Crippen LogP contribution in [0.1, 0.15) is 12.6 Å². The lowest BCUT2D eigenvalue weighted by Gasteiger charge is -2.24. The number of anilines is 1. The van der Waals surface area contributed by atoms with Crippen LogP contribution in [0.3, 0.4) is 0 Å². The van der Waals surface area contributed by atoms with Crippen LogP contribution in [0.25, 0.3) is 0 Å². The lowest BCUT2D eigenvalue weighted by Crippen LogP contribution is -2.32. The van der Waals surface area contributed by atoms with Crippen LogP contribution in [0.4, 0.5) is 5.95 Å². The second-order valence-electron chi connectivity index (χ2n) is 3.64. The number of nitrogens with two attached hydrogens (primary N) is 1. The Morgan fingerprint density at radius 1 is 1.71 bits per heavy atom. The topological polar surface area (TPSA) is 87.6 Å². The van der Waals surface area contributed by atoms with Crippen LogP contribution in [0, 0.1) is 0 Å². The zero-order valence-corrected chi connectivity index (χ0v) is 11.0. The largest absolute Gasteiger partial charge is 0.409 e. The second-order valence-corrected chi connectivity index (χ2v) is 4.55. The van der Waals surface area contributed by atoms with E-state index in [2.05, 4.69) is 28.3 Å². The van der Waals surface area contributed by atoms with Crippen LogP contribution < -0.4 is 10.6 Å². The summed E-state index contributed by atoms with van der Waals surface area (Å²) in [5.74, 6) is 1.53. The van der Waals surface area contributed by atoms with E-state index in [0.717, 1.165) is 5.75 Å². The Hall–Kier alpha value is -1.50. The van der Waals surface area contributed by atoms with Gasteiger partial charge in [0.05, 0.1) is 0 Å². The first-order valence-corrected chi connectivity index (χ1v) is 6.52. The Bertz CT molecular complexity index is 398. The predicted octanol–water partition coefficient (Wildman–Crippen LogP) is 0.759. The van der Waals surface area contributed by atoms with Gasteiger partial charge in [-0.1, -0.05) is 5.16 Å². The molecule has 0 aliphatic rings. The summed E-state index contributed by atoms with van der Waals surface area (Å²) in [6, 6.07) is 1.92. The third-order valence-corrected chi connectivity index (χ3v) is 3.21. The number of hydrogen-bond donors (Lipinski definition) is 2. The number of amidine groups is 1. The maximum absolute atomic E-state index is 8.60. The molecule has 3 N–H and O–H groups in total. The minimum atomic E-state index is -0.0143. The molecule has 0 saturated carbocycles. The van der Waals surface area contributed by atoms with Crippen LogP contribution in [-0.2, 0) is 0 Å². The SMILES string of the molecule is CSCC(C)N(C)c1nccc(/C(N)=N/O)n1. The summed E-state index contributed by atoms with van der Waals surface area (Å²) in [4.78, 5) is 10.4. The first kappa shape index (κ1) is 13.6. The third-order valence-electron chi connectivity index (χ3n) is 2.40. The number of rotatable bonds is 5. The van der Waals surface area contributed by atoms with Gasteiger partial charge in [0.1, 0.15) is 5.69 Å². The van der Waals surface area contributed by atoms with Crippen molar-refractivity contribution < 1.29 is 5.21 Å². The van der Waals surface area contributed by atoms with E-state index in [0.29, 0.717) is 17.7 Å². The zero-order chi connectivity index (χ0) is 12.8.